The Kier molecular flexibility index (Phi) is 5.91. The molecule has 0 unspecified atom stereocenters. The second-order valence-electron chi connectivity index (χ2n) is 7.12. The first kappa shape index (κ1) is 18.4. The van der Waals surface area contributed by atoms with Crippen LogP contribution in [0.5, 0.6) is 0 Å². The number of imide groups is 1. The first-order valence-corrected chi connectivity index (χ1v) is 9.68. The van der Waals surface area contributed by atoms with Gasteiger partial charge in [-0.15, -0.1) is 0 Å². The number of nitrogens with one attached hydrogen (secondary N) is 2. The number of hydrogen-bond donors (Lipinski definition) is 2. The molecule has 26 heavy (non-hydrogen) atoms. The number of amides is 4. The van der Waals surface area contributed by atoms with Crippen molar-refractivity contribution in [2.24, 2.45) is 0 Å². The van der Waals surface area contributed by atoms with E-state index in [0.29, 0.717) is 23.4 Å². The maximum absolute atomic E-state index is 12.8. The largest absolute Gasteiger partial charge is 0.338 e. The highest BCUT2D eigenvalue weighted by Gasteiger charge is 2.40. The topological polar surface area (TPSA) is 78.5 Å². The molecule has 6 nitrogen and oxygen atoms in total. The Labute approximate surface area is 154 Å². The fraction of sp³-hybridized carbons (Fsp3) is 0.550. The van der Waals surface area contributed by atoms with Crippen molar-refractivity contribution in [2.45, 2.75) is 64.3 Å². The van der Waals surface area contributed by atoms with E-state index in [0.717, 1.165) is 44.9 Å². The minimum absolute atomic E-state index is 0.00873. The van der Waals surface area contributed by atoms with E-state index in [1.54, 1.807) is 18.2 Å². The minimum atomic E-state index is -0.290. The number of benzene rings is 1. The highest BCUT2D eigenvalue weighted by Crippen LogP contribution is 2.32. The van der Waals surface area contributed by atoms with Gasteiger partial charge in [0.05, 0.1) is 11.1 Å². The van der Waals surface area contributed by atoms with Gasteiger partial charge in [0.2, 0.25) is 0 Å². The Balaban J connectivity index is 1.66. The third-order valence-electron chi connectivity index (χ3n) is 5.18. The summed E-state index contributed by atoms with van der Waals surface area (Å²) >= 11 is 0. The summed E-state index contributed by atoms with van der Waals surface area (Å²) in [6, 6.07) is 4.66. The summed E-state index contributed by atoms with van der Waals surface area (Å²) in [6.07, 6.45) is 8.17. The zero-order chi connectivity index (χ0) is 18.5. The molecule has 140 valence electrons. The molecule has 6 heteroatoms. The van der Waals surface area contributed by atoms with E-state index in [2.05, 4.69) is 17.6 Å². The molecule has 1 aromatic rings. The number of carbonyl (C=O) groups excluding carboxylic acids is 3. The van der Waals surface area contributed by atoms with E-state index in [9.17, 15) is 14.4 Å². The second kappa shape index (κ2) is 8.34. The van der Waals surface area contributed by atoms with E-state index in [-0.39, 0.29) is 23.9 Å². The number of urea groups is 1. The van der Waals surface area contributed by atoms with Gasteiger partial charge in [0.25, 0.3) is 11.8 Å². The fourth-order valence-corrected chi connectivity index (χ4v) is 3.76. The van der Waals surface area contributed by atoms with E-state index in [4.69, 9.17) is 0 Å². The smallest absolute Gasteiger partial charge is 0.319 e. The highest BCUT2D eigenvalue weighted by molar-refractivity contribution is 6.22. The van der Waals surface area contributed by atoms with Crippen LogP contribution in [0, 0.1) is 0 Å². The van der Waals surface area contributed by atoms with Crippen molar-refractivity contribution < 1.29 is 14.4 Å². The minimum Gasteiger partial charge on any atom is -0.338 e. The molecule has 0 spiro atoms. The number of fused-ring (bicyclic) bond motifs is 1. The van der Waals surface area contributed by atoms with Gasteiger partial charge in [0.1, 0.15) is 0 Å². The predicted octanol–water partition coefficient (Wildman–Crippen LogP) is 3.93. The van der Waals surface area contributed by atoms with Crippen molar-refractivity contribution in [1.29, 1.82) is 0 Å². The Morgan fingerprint density at radius 3 is 2.54 bits per heavy atom. The maximum Gasteiger partial charge on any atom is 0.319 e. The van der Waals surface area contributed by atoms with E-state index in [1.165, 1.54) is 11.3 Å². The van der Waals surface area contributed by atoms with Crippen LogP contribution in [0.4, 0.5) is 10.5 Å². The Hall–Kier alpha value is -2.37. The average Bonchev–Trinajstić information content (AvgIpc) is 2.90. The normalized spacial score (nSPS) is 17.3. The highest BCUT2D eigenvalue weighted by atomic mass is 16.2. The number of anilines is 1. The molecule has 3 rings (SSSR count). The summed E-state index contributed by atoms with van der Waals surface area (Å²) in [4.78, 5) is 38.8. The Bertz CT molecular complexity index is 696. The van der Waals surface area contributed by atoms with Crippen molar-refractivity contribution in [3.63, 3.8) is 0 Å². The molecule has 2 N–H and O–H groups in total. The molecule has 0 radical (unpaired) electrons. The summed E-state index contributed by atoms with van der Waals surface area (Å²) < 4.78 is 0. The van der Waals surface area contributed by atoms with Gasteiger partial charge in [-0.1, -0.05) is 39.0 Å². The van der Waals surface area contributed by atoms with E-state index >= 15 is 0 Å². The van der Waals surface area contributed by atoms with Gasteiger partial charge in [-0.2, -0.15) is 0 Å². The number of rotatable bonds is 6. The molecular formula is C20H27N3O3. The van der Waals surface area contributed by atoms with E-state index < -0.39 is 0 Å². The maximum atomic E-state index is 12.8. The summed E-state index contributed by atoms with van der Waals surface area (Å²) in [5.74, 6) is -0.434. The van der Waals surface area contributed by atoms with Crippen LogP contribution in [0.15, 0.2) is 18.2 Å². The van der Waals surface area contributed by atoms with Crippen LogP contribution in [0.25, 0.3) is 0 Å². The van der Waals surface area contributed by atoms with Crippen LogP contribution in [-0.2, 0) is 0 Å². The summed E-state index contributed by atoms with van der Waals surface area (Å²) in [7, 11) is 0. The van der Waals surface area contributed by atoms with Crippen LogP contribution < -0.4 is 10.6 Å². The van der Waals surface area contributed by atoms with Crippen molar-refractivity contribution in [3.8, 4) is 0 Å². The molecule has 1 saturated carbocycles. The van der Waals surface area contributed by atoms with Crippen LogP contribution in [0.2, 0.25) is 0 Å². The molecule has 0 bridgehead atoms. The molecule has 1 heterocycles. The van der Waals surface area contributed by atoms with Gasteiger partial charge in [-0.3, -0.25) is 14.5 Å². The lowest BCUT2D eigenvalue weighted by Crippen LogP contribution is -2.40. The average molecular weight is 357 g/mol. The van der Waals surface area contributed by atoms with E-state index in [1.807, 2.05) is 0 Å². The van der Waals surface area contributed by atoms with Crippen molar-refractivity contribution >= 4 is 23.5 Å². The molecule has 1 aromatic carbocycles. The zero-order valence-corrected chi connectivity index (χ0v) is 15.3. The molecule has 0 aromatic heterocycles. The zero-order valence-electron chi connectivity index (χ0n) is 15.3. The Morgan fingerprint density at radius 1 is 1.08 bits per heavy atom. The number of hydrogen-bond acceptors (Lipinski definition) is 3. The monoisotopic (exact) mass is 357 g/mol. The summed E-state index contributed by atoms with van der Waals surface area (Å²) in [5.41, 5.74) is 1.36. The van der Waals surface area contributed by atoms with Crippen molar-refractivity contribution in [3.05, 3.63) is 29.3 Å². The van der Waals surface area contributed by atoms with Gasteiger partial charge < -0.3 is 10.6 Å². The first-order chi connectivity index (χ1) is 12.6. The second-order valence-corrected chi connectivity index (χ2v) is 7.12. The van der Waals surface area contributed by atoms with Gasteiger partial charge in [-0.25, -0.2) is 4.79 Å². The van der Waals surface area contributed by atoms with Gasteiger partial charge in [0.15, 0.2) is 0 Å². The SMILES string of the molecule is CCCCCNC(=O)Nc1ccc2c(c1)C(=O)N(C1CCCCC1)C2=O. The molecule has 1 aliphatic carbocycles. The fourth-order valence-electron chi connectivity index (χ4n) is 3.76. The van der Waals surface area contributed by atoms with Gasteiger partial charge in [-0.05, 0) is 37.5 Å². The summed E-state index contributed by atoms with van der Waals surface area (Å²) in [6.45, 7) is 2.73. The standard InChI is InChI=1S/C20H27N3O3/c1-2-3-7-12-21-20(26)22-14-10-11-16-17(13-14)19(25)23(18(16)24)15-8-5-4-6-9-15/h10-11,13,15H,2-9,12H2,1H3,(H2,21,22,26). The van der Waals surface area contributed by atoms with Gasteiger partial charge in [0, 0.05) is 18.3 Å². The van der Waals surface area contributed by atoms with Crippen LogP contribution >= 0.6 is 0 Å². The quantitative estimate of drug-likeness (QED) is 0.598. The summed E-state index contributed by atoms with van der Waals surface area (Å²) in [5, 5.41) is 5.55. The van der Waals surface area contributed by atoms with Crippen molar-refractivity contribution in [2.75, 3.05) is 11.9 Å². The third-order valence-corrected chi connectivity index (χ3v) is 5.18. The lowest BCUT2D eigenvalue weighted by atomic mass is 9.94. The molecule has 0 atom stereocenters. The Morgan fingerprint density at radius 2 is 1.81 bits per heavy atom. The van der Waals surface area contributed by atoms with Crippen LogP contribution in [0.3, 0.4) is 0 Å². The molecule has 1 fully saturated rings. The lowest BCUT2D eigenvalue weighted by Gasteiger charge is -2.29. The van der Waals surface area contributed by atoms with Crippen molar-refractivity contribution in [1.82, 2.24) is 10.2 Å². The molecule has 2 aliphatic rings. The molecule has 0 saturated heterocycles. The number of carbonyl (C=O) groups is 3. The molecular weight excluding hydrogens is 330 g/mol. The predicted molar refractivity (Wildman–Crippen MR) is 100 cm³/mol. The number of nitrogens with zero attached hydrogens (tertiary/aromatic N) is 1. The van der Waals surface area contributed by atoms with Crippen LogP contribution in [0.1, 0.15) is 79.0 Å². The third kappa shape index (κ3) is 3.89. The first-order valence-electron chi connectivity index (χ1n) is 9.68. The molecule has 4 amide bonds. The lowest BCUT2D eigenvalue weighted by molar-refractivity contribution is 0.0549. The van der Waals surface area contributed by atoms with Gasteiger partial charge >= 0.3 is 6.03 Å². The molecule has 1 aliphatic heterocycles. The number of unbranched alkanes of at least 4 members (excludes halogenated alkanes) is 2. The van der Waals surface area contributed by atoms with Crippen LogP contribution in [-0.4, -0.2) is 35.3 Å².